The molecule has 0 aliphatic heterocycles. The van der Waals surface area contributed by atoms with E-state index in [0.717, 1.165) is 28.3 Å². The number of rotatable bonds is 12. The molecular formula is C33H43N3O4S. The number of hydrogen-bond donors (Lipinski definition) is 2. The Morgan fingerprint density at radius 3 is 2.32 bits per heavy atom. The van der Waals surface area contributed by atoms with Crippen LogP contribution in [0.1, 0.15) is 64.1 Å². The Bertz CT molecular complexity index is 1340. The molecule has 41 heavy (non-hydrogen) atoms. The summed E-state index contributed by atoms with van der Waals surface area (Å²) in [6.45, 7) is 9.70. The molecule has 3 aromatic rings. The van der Waals surface area contributed by atoms with E-state index in [-0.39, 0.29) is 11.8 Å². The van der Waals surface area contributed by atoms with Crippen molar-refractivity contribution in [2.75, 3.05) is 23.9 Å². The summed E-state index contributed by atoms with van der Waals surface area (Å²) in [5.74, 6) is 0.0479. The van der Waals surface area contributed by atoms with Crippen LogP contribution in [0.15, 0.2) is 66.7 Å². The molecular weight excluding hydrogens is 534 g/mol. The van der Waals surface area contributed by atoms with Gasteiger partial charge in [-0.25, -0.2) is 4.79 Å². The lowest BCUT2D eigenvalue weighted by Gasteiger charge is -2.35. The lowest BCUT2D eigenvalue weighted by atomic mass is 9.97. The molecule has 0 saturated carbocycles. The molecule has 8 heteroatoms. The van der Waals surface area contributed by atoms with Crippen molar-refractivity contribution in [3.05, 3.63) is 77.9 Å². The van der Waals surface area contributed by atoms with Gasteiger partial charge in [-0.05, 0) is 86.6 Å². The summed E-state index contributed by atoms with van der Waals surface area (Å²) in [6, 6.07) is 19.6. The highest BCUT2D eigenvalue weighted by atomic mass is 32.2. The van der Waals surface area contributed by atoms with Gasteiger partial charge in [-0.1, -0.05) is 67.9 Å². The van der Waals surface area contributed by atoms with Crippen LogP contribution < -0.4 is 10.6 Å². The van der Waals surface area contributed by atoms with Crippen molar-refractivity contribution in [2.24, 2.45) is 0 Å². The highest BCUT2D eigenvalue weighted by Gasteiger charge is 2.36. The number of carbonyl (C=O) groups excluding carboxylic acids is 3. The molecule has 0 aliphatic carbocycles. The number of amides is 3. The van der Waals surface area contributed by atoms with E-state index < -0.39 is 23.8 Å². The molecule has 0 saturated heterocycles. The molecule has 2 unspecified atom stereocenters. The molecule has 0 aromatic heterocycles. The third kappa shape index (κ3) is 9.25. The van der Waals surface area contributed by atoms with Gasteiger partial charge < -0.3 is 20.3 Å². The summed E-state index contributed by atoms with van der Waals surface area (Å²) in [7, 11) is 0. The fourth-order valence-corrected chi connectivity index (χ4v) is 5.13. The third-order valence-corrected chi connectivity index (χ3v) is 7.34. The summed E-state index contributed by atoms with van der Waals surface area (Å²) >= 11 is 1.59. The maximum Gasteiger partial charge on any atom is 0.408 e. The minimum atomic E-state index is -0.890. The van der Waals surface area contributed by atoms with Crippen LogP contribution in [0.3, 0.4) is 0 Å². The van der Waals surface area contributed by atoms with E-state index in [1.54, 1.807) is 37.4 Å². The number of unbranched alkanes of at least 4 members (excludes halogenated alkanes) is 1. The van der Waals surface area contributed by atoms with Crippen molar-refractivity contribution in [3.8, 4) is 0 Å². The summed E-state index contributed by atoms with van der Waals surface area (Å²) in [5, 5.41) is 7.96. The van der Waals surface area contributed by atoms with Crippen LogP contribution >= 0.6 is 11.8 Å². The smallest absolute Gasteiger partial charge is 0.408 e. The van der Waals surface area contributed by atoms with Gasteiger partial charge in [0.15, 0.2) is 0 Å². The molecule has 7 nitrogen and oxygen atoms in total. The van der Waals surface area contributed by atoms with E-state index in [4.69, 9.17) is 4.74 Å². The minimum Gasteiger partial charge on any atom is -0.444 e. The first-order chi connectivity index (χ1) is 19.5. The largest absolute Gasteiger partial charge is 0.444 e. The van der Waals surface area contributed by atoms with Crippen molar-refractivity contribution < 1.29 is 19.1 Å². The Labute approximate surface area is 248 Å². The van der Waals surface area contributed by atoms with Crippen LogP contribution in [0.25, 0.3) is 10.8 Å². The normalized spacial score (nSPS) is 12.8. The maximum atomic E-state index is 14.3. The van der Waals surface area contributed by atoms with E-state index in [0.29, 0.717) is 30.8 Å². The van der Waals surface area contributed by atoms with Gasteiger partial charge in [0, 0.05) is 12.2 Å². The number of thioether (sulfide) groups is 1. The summed E-state index contributed by atoms with van der Waals surface area (Å²) in [5.41, 5.74) is 1.60. The molecule has 2 atom stereocenters. The summed E-state index contributed by atoms with van der Waals surface area (Å²) < 4.78 is 5.48. The topological polar surface area (TPSA) is 87.7 Å². The van der Waals surface area contributed by atoms with Crippen molar-refractivity contribution in [1.82, 2.24) is 10.2 Å². The second kappa shape index (κ2) is 14.9. The van der Waals surface area contributed by atoms with Crippen LogP contribution in [0.5, 0.6) is 0 Å². The molecule has 3 amide bonds. The van der Waals surface area contributed by atoms with E-state index in [1.807, 2.05) is 86.8 Å². The molecule has 3 aromatic carbocycles. The average Bonchev–Trinajstić information content (AvgIpc) is 2.92. The summed E-state index contributed by atoms with van der Waals surface area (Å²) in [4.78, 5) is 42.8. The van der Waals surface area contributed by atoms with Crippen molar-refractivity contribution in [3.63, 3.8) is 0 Å². The lowest BCUT2D eigenvalue weighted by Crippen LogP contribution is -2.53. The zero-order valence-corrected chi connectivity index (χ0v) is 25.8. The van der Waals surface area contributed by atoms with Gasteiger partial charge in [-0.3, -0.25) is 9.59 Å². The predicted octanol–water partition coefficient (Wildman–Crippen LogP) is 7.10. The highest BCUT2D eigenvalue weighted by molar-refractivity contribution is 7.98. The van der Waals surface area contributed by atoms with Crippen LogP contribution in [0.4, 0.5) is 10.5 Å². The molecule has 0 bridgehead atoms. The Balaban J connectivity index is 2.01. The SMILES string of the molecule is CCCCN(C(=O)C(CCSC)NC(=O)OC(C)(C)C)C(C(=O)Nc1ccc2ccccc2c1)c1ccccc1C. The second-order valence-electron chi connectivity index (χ2n) is 11.2. The second-order valence-corrected chi connectivity index (χ2v) is 12.2. The van der Waals surface area contributed by atoms with Crippen LogP contribution in [0, 0.1) is 6.92 Å². The number of ether oxygens (including phenoxy) is 1. The van der Waals surface area contributed by atoms with Gasteiger partial charge in [-0.15, -0.1) is 0 Å². The number of hydrogen-bond acceptors (Lipinski definition) is 5. The van der Waals surface area contributed by atoms with Crippen molar-refractivity contribution in [1.29, 1.82) is 0 Å². The molecule has 2 N–H and O–H groups in total. The Morgan fingerprint density at radius 1 is 0.976 bits per heavy atom. The maximum absolute atomic E-state index is 14.3. The van der Waals surface area contributed by atoms with Crippen LogP contribution in [-0.4, -0.2) is 53.0 Å². The predicted molar refractivity (Wildman–Crippen MR) is 169 cm³/mol. The number of nitrogens with one attached hydrogen (secondary N) is 2. The molecule has 0 aliphatic rings. The Hall–Kier alpha value is -3.52. The van der Waals surface area contributed by atoms with Crippen molar-refractivity contribution in [2.45, 2.75) is 71.6 Å². The zero-order valence-electron chi connectivity index (χ0n) is 25.0. The van der Waals surface area contributed by atoms with E-state index >= 15 is 0 Å². The average molecular weight is 578 g/mol. The van der Waals surface area contributed by atoms with Gasteiger partial charge >= 0.3 is 6.09 Å². The first-order valence-corrected chi connectivity index (χ1v) is 15.6. The van der Waals surface area contributed by atoms with E-state index in [9.17, 15) is 14.4 Å². The number of nitrogens with zero attached hydrogens (tertiary/aromatic N) is 1. The fraction of sp³-hybridized carbons (Fsp3) is 0.424. The highest BCUT2D eigenvalue weighted by Crippen LogP contribution is 2.29. The minimum absolute atomic E-state index is 0.305. The number of aryl methyl sites for hydroxylation is 1. The first kappa shape index (κ1) is 32.0. The van der Waals surface area contributed by atoms with Gasteiger partial charge in [0.2, 0.25) is 5.91 Å². The van der Waals surface area contributed by atoms with Gasteiger partial charge in [0.05, 0.1) is 0 Å². The molecule has 0 spiro atoms. The fourth-order valence-electron chi connectivity index (χ4n) is 4.66. The number of fused-ring (bicyclic) bond motifs is 1. The zero-order chi connectivity index (χ0) is 30.0. The monoisotopic (exact) mass is 577 g/mol. The molecule has 0 fully saturated rings. The van der Waals surface area contributed by atoms with E-state index in [2.05, 4.69) is 10.6 Å². The molecule has 0 heterocycles. The summed E-state index contributed by atoms with van der Waals surface area (Å²) in [6.07, 6.45) is 3.26. The number of benzene rings is 3. The Kier molecular flexibility index (Phi) is 11.6. The van der Waals surface area contributed by atoms with Crippen LogP contribution in [-0.2, 0) is 14.3 Å². The lowest BCUT2D eigenvalue weighted by molar-refractivity contribution is -0.141. The van der Waals surface area contributed by atoms with Crippen molar-refractivity contribution >= 4 is 46.1 Å². The van der Waals surface area contributed by atoms with Gasteiger partial charge in [0.1, 0.15) is 17.7 Å². The van der Waals surface area contributed by atoms with Crippen LogP contribution in [0.2, 0.25) is 0 Å². The molecule has 0 radical (unpaired) electrons. The number of anilines is 1. The number of carbonyl (C=O) groups is 3. The quantitative estimate of drug-likeness (QED) is 0.240. The first-order valence-electron chi connectivity index (χ1n) is 14.2. The molecule has 220 valence electrons. The van der Waals surface area contributed by atoms with Gasteiger partial charge in [-0.2, -0.15) is 11.8 Å². The third-order valence-electron chi connectivity index (χ3n) is 6.70. The Morgan fingerprint density at radius 2 is 1.66 bits per heavy atom. The standard InChI is InChI=1S/C33H43N3O4S/c1-7-8-20-36(31(38)28(19-21-41-6)35-32(39)40-33(3,4)5)29(27-16-12-9-13-23(27)2)30(37)34-26-18-17-24-14-10-11-15-25(24)22-26/h9-18,22,28-29H,7-8,19-21H2,1-6H3,(H,34,37)(H,35,39). The van der Waals surface area contributed by atoms with E-state index in [1.165, 1.54) is 0 Å². The number of alkyl carbamates (subject to hydrolysis) is 1. The van der Waals surface area contributed by atoms with Gasteiger partial charge in [0.25, 0.3) is 5.91 Å². The molecule has 3 rings (SSSR count).